The van der Waals surface area contributed by atoms with Crippen molar-refractivity contribution in [3.8, 4) is 10.7 Å². The zero-order valence-corrected chi connectivity index (χ0v) is 12.4. The first-order valence-corrected chi connectivity index (χ1v) is 7.82. The molecule has 0 radical (unpaired) electrons. The molecule has 0 aromatic carbocycles. The Morgan fingerprint density at radius 2 is 2.21 bits per heavy atom. The second-order valence-corrected chi connectivity index (χ2v) is 5.96. The molecule has 2 heterocycles. The molecule has 0 fully saturated rings. The SMILES string of the molecule is CCc1ccc(-c2nnc(SCC(=O)O)n2CC)s1. The molecular weight excluding hydrogens is 282 g/mol. The van der Waals surface area contributed by atoms with Gasteiger partial charge >= 0.3 is 5.97 Å². The summed E-state index contributed by atoms with van der Waals surface area (Å²) < 4.78 is 1.96. The number of carbonyl (C=O) groups is 1. The molecule has 19 heavy (non-hydrogen) atoms. The normalized spacial score (nSPS) is 10.8. The topological polar surface area (TPSA) is 68.0 Å². The van der Waals surface area contributed by atoms with Crippen LogP contribution in [0.5, 0.6) is 0 Å². The maximum absolute atomic E-state index is 10.6. The van der Waals surface area contributed by atoms with Crippen molar-refractivity contribution in [1.29, 1.82) is 0 Å². The van der Waals surface area contributed by atoms with Crippen molar-refractivity contribution in [3.05, 3.63) is 17.0 Å². The van der Waals surface area contributed by atoms with Crippen molar-refractivity contribution in [2.45, 2.75) is 32.0 Å². The van der Waals surface area contributed by atoms with Crippen LogP contribution in [0, 0.1) is 0 Å². The van der Waals surface area contributed by atoms with Gasteiger partial charge in [0.15, 0.2) is 11.0 Å². The Kier molecular flexibility index (Phi) is 4.60. The molecule has 7 heteroatoms. The van der Waals surface area contributed by atoms with Crippen LogP contribution in [-0.2, 0) is 17.8 Å². The first kappa shape index (κ1) is 14.1. The molecule has 2 aromatic rings. The molecule has 0 aliphatic carbocycles. The number of nitrogens with zero attached hydrogens (tertiary/aromatic N) is 3. The Bertz CT molecular complexity index is 577. The quantitative estimate of drug-likeness (QED) is 0.830. The van der Waals surface area contributed by atoms with Crippen molar-refractivity contribution in [1.82, 2.24) is 14.8 Å². The van der Waals surface area contributed by atoms with Crippen LogP contribution in [0.15, 0.2) is 17.3 Å². The summed E-state index contributed by atoms with van der Waals surface area (Å²) in [4.78, 5) is 13.0. The summed E-state index contributed by atoms with van der Waals surface area (Å²) in [5.74, 6) is -0.0235. The van der Waals surface area contributed by atoms with E-state index in [-0.39, 0.29) is 5.75 Å². The number of hydrogen-bond donors (Lipinski definition) is 1. The first-order chi connectivity index (χ1) is 9.15. The van der Waals surface area contributed by atoms with Crippen LogP contribution in [0.3, 0.4) is 0 Å². The maximum atomic E-state index is 10.6. The van der Waals surface area contributed by atoms with E-state index in [0.717, 1.165) is 23.7 Å². The van der Waals surface area contributed by atoms with Gasteiger partial charge in [-0.25, -0.2) is 0 Å². The summed E-state index contributed by atoms with van der Waals surface area (Å²) in [6.45, 7) is 4.85. The number of rotatable bonds is 6. The predicted molar refractivity (Wildman–Crippen MR) is 76.7 cm³/mol. The van der Waals surface area contributed by atoms with Gasteiger partial charge in [0.05, 0.1) is 10.6 Å². The zero-order valence-electron chi connectivity index (χ0n) is 10.8. The van der Waals surface area contributed by atoms with Gasteiger partial charge in [-0.05, 0) is 25.5 Å². The lowest BCUT2D eigenvalue weighted by Gasteiger charge is -2.04. The molecule has 0 unspecified atom stereocenters. The van der Waals surface area contributed by atoms with Gasteiger partial charge in [0.25, 0.3) is 0 Å². The molecule has 102 valence electrons. The number of carboxylic acids is 1. The van der Waals surface area contributed by atoms with Gasteiger partial charge in [-0.3, -0.25) is 4.79 Å². The van der Waals surface area contributed by atoms with E-state index in [4.69, 9.17) is 5.11 Å². The fourth-order valence-corrected chi connectivity index (χ4v) is 3.34. The van der Waals surface area contributed by atoms with Crippen molar-refractivity contribution in [2.75, 3.05) is 5.75 Å². The van der Waals surface area contributed by atoms with E-state index in [0.29, 0.717) is 5.16 Å². The van der Waals surface area contributed by atoms with Gasteiger partial charge in [-0.15, -0.1) is 21.5 Å². The van der Waals surface area contributed by atoms with Crippen LogP contribution >= 0.6 is 23.1 Å². The third-order valence-corrected chi connectivity index (χ3v) is 4.77. The molecule has 5 nitrogen and oxygen atoms in total. The van der Waals surface area contributed by atoms with Gasteiger partial charge < -0.3 is 9.67 Å². The summed E-state index contributed by atoms with van der Waals surface area (Å²) in [7, 11) is 0. The van der Waals surface area contributed by atoms with Crippen LogP contribution in [0.25, 0.3) is 10.7 Å². The highest BCUT2D eigenvalue weighted by Crippen LogP contribution is 2.29. The van der Waals surface area contributed by atoms with E-state index in [9.17, 15) is 4.79 Å². The zero-order chi connectivity index (χ0) is 13.8. The van der Waals surface area contributed by atoms with Crippen LogP contribution in [0.4, 0.5) is 0 Å². The minimum atomic E-state index is -0.846. The summed E-state index contributed by atoms with van der Waals surface area (Å²) in [5.41, 5.74) is 0. The molecule has 0 spiro atoms. The molecule has 0 aliphatic heterocycles. The van der Waals surface area contributed by atoms with E-state index < -0.39 is 5.97 Å². The Balaban J connectivity index is 2.28. The molecule has 1 N–H and O–H groups in total. The van der Waals surface area contributed by atoms with E-state index in [2.05, 4.69) is 23.2 Å². The molecule has 2 aromatic heterocycles. The monoisotopic (exact) mass is 297 g/mol. The van der Waals surface area contributed by atoms with Crippen LogP contribution in [0.2, 0.25) is 0 Å². The van der Waals surface area contributed by atoms with E-state index in [1.165, 1.54) is 16.6 Å². The number of hydrogen-bond acceptors (Lipinski definition) is 5. The fraction of sp³-hybridized carbons (Fsp3) is 0.417. The molecular formula is C12H15N3O2S2. The van der Waals surface area contributed by atoms with E-state index in [1.54, 1.807) is 11.3 Å². The summed E-state index contributed by atoms with van der Waals surface area (Å²) in [6.07, 6.45) is 1.01. The second-order valence-electron chi connectivity index (χ2n) is 3.85. The Morgan fingerprint density at radius 3 is 2.79 bits per heavy atom. The van der Waals surface area contributed by atoms with Gasteiger partial charge in [0, 0.05) is 11.4 Å². The third kappa shape index (κ3) is 3.16. The minimum absolute atomic E-state index is 0.00276. The fourth-order valence-electron chi connectivity index (χ4n) is 1.68. The van der Waals surface area contributed by atoms with Gasteiger partial charge in [0.2, 0.25) is 0 Å². The lowest BCUT2D eigenvalue weighted by Crippen LogP contribution is -2.02. The number of thiophene rings is 1. The van der Waals surface area contributed by atoms with E-state index in [1.807, 2.05) is 17.6 Å². The highest BCUT2D eigenvalue weighted by Gasteiger charge is 2.15. The molecule has 0 amide bonds. The second kappa shape index (κ2) is 6.21. The Morgan fingerprint density at radius 1 is 1.42 bits per heavy atom. The highest BCUT2D eigenvalue weighted by molar-refractivity contribution is 7.99. The summed E-state index contributed by atoms with van der Waals surface area (Å²) in [6, 6.07) is 4.14. The molecule has 2 rings (SSSR count). The van der Waals surface area contributed by atoms with E-state index >= 15 is 0 Å². The number of carboxylic acid groups (broad SMARTS) is 1. The average Bonchev–Trinajstić information content (AvgIpc) is 3.01. The average molecular weight is 297 g/mol. The van der Waals surface area contributed by atoms with Gasteiger partial charge in [0.1, 0.15) is 0 Å². The summed E-state index contributed by atoms with van der Waals surface area (Å²) in [5, 5.41) is 17.7. The largest absolute Gasteiger partial charge is 0.481 e. The molecule has 0 saturated carbocycles. The first-order valence-electron chi connectivity index (χ1n) is 6.02. The summed E-state index contributed by atoms with van der Waals surface area (Å²) >= 11 is 2.91. The van der Waals surface area contributed by atoms with Gasteiger partial charge in [-0.2, -0.15) is 0 Å². The number of aromatic nitrogens is 3. The lowest BCUT2D eigenvalue weighted by molar-refractivity contribution is -0.133. The Labute approximate surface area is 119 Å². The van der Waals surface area contributed by atoms with Crippen molar-refractivity contribution < 1.29 is 9.90 Å². The van der Waals surface area contributed by atoms with Crippen LogP contribution < -0.4 is 0 Å². The van der Waals surface area contributed by atoms with Gasteiger partial charge in [-0.1, -0.05) is 18.7 Å². The Hall–Kier alpha value is -1.34. The molecule has 0 saturated heterocycles. The molecule has 0 aliphatic rings. The molecule has 0 atom stereocenters. The van der Waals surface area contributed by atoms with Crippen molar-refractivity contribution in [3.63, 3.8) is 0 Å². The predicted octanol–water partition coefficient (Wildman–Crippen LogP) is 2.77. The van der Waals surface area contributed by atoms with Crippen molar-refractivity contribution >= 4 is 29.1 Å². The standard InChI is InChI=1S/C12H15N3O2S2/c1-3-8-5-6-9(19-8)11-13-14-12(15(11)4-2)18-7-10(16)17/h5-6H,3-4,7H2,1-2H3,(H,16,17). The minimum Gasteiger partial charge on any atom is -0.481 e. The van der Waals surface area contributed by atoms with Crippen LogP contribution in [0.1, 0.15) is 18.7 Å². The number of aryl methyl sites for hydroxylation is 1. The maximum Gasteiger partial charge on any atom is 0.313 e. The molecule has 0 bridgehead atoms. The number of thioether (sulfide) groups is 1. The van der Waals surface area contributed by atoms with Crippen molar-refractivity contribution in [2.24, 2.45) is 0 Å². The smallest absolute Gasteiger partial charge is 0.313 e. The third-order valence-electron chi connectivity index (χ3n) is 2.59. The highest BCUT2D eigenvalue weighted by atomic mass is 32.2. The van der Waals surface area contributed by atoms with Crippen LogP contribution in [-0.4, -0.2) is 31.6 Å². The number of aliphatic carboxylic acids is 1. The lowest BCUT2D eigenvalue weighted by atomic mass is 10.3.